The number of nitrogens with one attached hydrogen (secondary N) is 1. The molecule has 0 bridgehead atoms. The average Bonchev–Trinajstić information content (AvgIpc) is 2.36. The third kappa shape index (κ3) is 4.37. The van der Waals surface area contributed by atoms with Gasteiger partial charge in [-0.3, -0.25) is 9.78 Å². The van der Waals surface area contributed by atoms with Crippen molar-refractivity contribution in [1.29, 1.82) is 0 Å². The Bertz CT molecular complexity index is 587. The summed E-state index contributed by atoms with van der Waals surface area (Å²) in [5.41, 5.74) is 1.57. The quantitative estimate of drug-likeness (QED) is 0.941. The normalized spacial score (nSPS) is 10.0. The van der Waals surface area contributed by atoms with Crippen molar-refractivity contribution in [3.05, 3.63) is 52.8 Å². The van der Waals surface area contributed by atoms with E-state index in [1.165, 1.54) is 0 Å². The molecule has 1 aromatic carbocycles. The van der Waals surface area contributed by atoms with Crippen LogP contribution in [0.2, 0.25) is 0 Å². The number of aromatic nitrogens is 1. The van der Waals surface area contributed by atoms with Gasteiger partial charge in [-0.05, 0) is 37.3 Å². The first-order valence-corrected chi connectivity index (χ1v) is 6.53. The van der Waals surface area contributed by atoms with Crippen LogP contribution in [0.1, 0.15) is 5.69 Å². The molecule has 1 aromatic heterocycles. The van der Waals surface area contributed by atoms with Crippen LogP contribution in [0.3, 0.4) is 0 Å². The number of ether oxygens (including phenoxy) is 1. The molecule has 0 spiro atoms. The third-order valence-corrected chi connectivity index (χ3v) is 2.84. The highest BCUT2D eigenvalue weighted by Crippen LogP contribution is 2.17. The predicted octanol–water partition coefficient (Wildman–Crippen LogP) is 3.17. The summed E-state index contributed by atoms with van der Waals surface area (Å²) in [6.07, 6.45) is 1.65. The highest BCUT2D eigenvalue weighted by atomic mass is 79.9. The molecule has 1 heterocycles. The van der Waals surface area contributed by atoms with E-state index in [9.17, 15) is 4.79 Å². The van der Waals surface area contributed by atoms with E-state index in [1.54, 1.807) is 24.4 Å². The zero-order valence-electron chi connectivity index (χ0n) is 10.4. The van der Waals surface area contributed by atoms with Gasteiger partial charge in [-0.25, -0.2) is 0 Å². The standard InChI is InChI=1S/C14H13BrN2O2/c1-10-7-12(5-6-16-10)17-14(18)9-19-13-4-2-3-11(15)8-13/h2-8H,9H2,1H3,(H,16,17,18). The zero-order chi connectivity index (χ0) is 13.7. The van der Waals surface area contributed by atoms with Crippen LogP contribution in [0, 0.1) is 6.92 Å². The molecule has 4 nitrogen and oxygen atoms in total. The van der Waals surface area contributed by atoms with Gasteiger partial charge in [0.1, 0.15) is 5.75 Å². The number of halogens is 1. The molecule has 0 unspecified atom stereocenters. The van der Waals surface area contributed by atoms with E-state index in [2.05, 4.69) is 26.2 Å². The molecule has 1 amide bonds. The molecule has 0 aliphatic carbocycles. The van der Waals surface area contributed by atoms with Gasteiger partial charge in [0.05, 0.1) is 0 Å². The number of nitrogens with zero attached hydrogens (tertiary/aromatic N) is 1. The van der Waals surface area contributed by atoms with Crippen molar-refractivity contribution < 1.29 is 9.53 Å². The highest BCUT2D eigenvalue weighted by Gasteiger charge is 2.04. The molecule has 0 saturated carbocycles. The Hall–Kier alpha value is -1.88. The summed E-state index contributed by atoms with van der Waals surface area (Å²) >= 11 is 3.34. The van der Waals surface area contributed by atoms with Gasteiger partial charge in [0.25, 0.3) is 5.91 Å². The van der Waals surface area contributed by atoms with Crippen LogP contribution in [0.15, 0.2) is 47.1 Å². The summed E-state index contributed by atoms with van der Waals surface area (Å²) in [5.74, 6) is 0.445. The lowest BCUT2D eigenvalue weighted by Crippen LogP contribution is -2.20. The van der Waals surface area contributed by atoms with Gasteiger partial charge in [0.2, 0.25) is 0 Å². The van der Waals surface area contributed by atoms with E-state index in [-0.39, 0.29) is 12.5 Å². The Morgan fingerprint density at radius 2 is 2.21 bits per heavy atom. The first-order valence-electron chi connectivity index (χ1n) is 5.74. The number of rotatable bonds is 4. The molecule has 19 heavy (non-hydrogen) atoms. The molecule has 98 valence electrons. The summed E-state index contributed by atoms with van der Waals surface area (Å²) < 4.78 is 6.31. The van der Waals surface area contributed by atoms with Gasteiger partial charge in [-0.15, -0.1) is 0 Å². The molecule has 0 aliphatic rings. The van der Waals surface area contributed by atoms with Crippen LogP contribution in [0.4, 0.5) is 5.69 Å². The Morgan fingerprint density at radius 1 is 1.37 bits per heavy atom. The van der Waals surface area contributed by atoms with Crippen LogP contribution < -0.4 is 10.1 Å². The largest absolute Gasteiger partial charge is 0.484 e. The fraction of sp³-hybridized carbons (Fsp3) is 0.143. The summed E-state index contributed by atoms with van der Waals surface area (Å²) in [4.78, 5) is 15.8. The number of aryl methyl sites for hydroxylation is 1. The van der Waals surface area contributed by atoms with E-state index < -0.39 is 0 Å². The SMILES string of the molecule is Cc1cc(NC(=O)COc2cccc(Br)c2)ccn1. The van der Waals surface area contributed by atoms with E-state index in [0.29, 0.717) is 5.75 Å². The number of carbonyl (C=O) groups excluding carboxylic acids is 1. The molecule has 5 heteroatoms. The van der Waals surface area contributed by atoms with Crippen LogP contribution in [-0.2, 0) is 4.79 Å². The molecule has 0 atom stereocenters. The smallest absolute Gasteiger partial charge is 0.262 e. The Labute approximate surface area is 119 Å². The molecule has 0 aliphatic heterocycles. The van der Waals surface area contributed by atoms with Crippen molar-refractivity contribution in [2.45, 2.75) is 6.92 Å². The number of carbonyl (C=O) groups is 1. The van der Waals surface area contributed by atoms with Gasteiger partial charge in [0.15, 0.2) is 6.61 Å². The summed E-state index contributed by atoms with van der Waals surface area (Å²) in [6, 6.07) is 10.9. The van der Waals surface area contributed by atoms with Crippen molar-refractivity contribution in [2.24, 2.45) is 0 Å². The zero-order valence-corrected chi connectivity index (χ0v) is 12.0. The topological polar surface area (TPSA) is 51.2 Å². The van der Waals surface area contributed by atoms with Gasteiger partial charge >= 0.3 is 0 Å². The molecule has 0 saturated heterocycles. The average molecular weight is 321 g/mol. The van der Waals surface area contributed by atoms with Gasteiger partial charge in [0, 0.05) is 22.1 Å². The fourth-order valence-electron chi connectivity index (χ4n) is 1.53. The van der Waals surface area contributed by atoms with E-state index in [1.807, 2.05) is 25.1 Å². The minimum absolute atomic E-state index is 0.0299. The Morgan fingerprint density at radius 3 is 2.95 bits per heavy atom. The number of hydrogen-bond donors (Lipinski definition) is 1. The van der Waals surface area contributed by atoms with Crippen molar-refractivity contribution in [3.8, 4) is 5.75 Å². The monoisotopic (exact) mass is 320 g/mol. The van der Waals surface area contributed by atoms with E-state index in [4.69, 9.17) is 4.74 Å². The predicted molar refractivity (Wildman–Crippen MR) is 77.2 cm³/mol. The highest BCUT2D eigenvalue weighted by molar-refractivity contribution is 9.10. The minimum Gasteiger partial charge on any atom is -0.484 e. The van der Waals surface area contributed by atoms with Crippen molar-refractivity contribution in [3.63, 3.8) is 0 Å². The number of anilines is 1. The number of benzene rings is 1. The van der Waals surface area contributed by atoms with Gasteiger partial charge in [-0.1, -0.05) is 22.0 Å². The van der Waals surface area contributed by atoms with Crippen LogP contribution >= 0.6 is 15.9 Å². The van der Waals surface area contributed by atoms with E-state index >= 15 is 0 Å². The maximum atomic E-state index is 11.7. The second-order valence-electron chi connectivity index (χ2n) is 3.98. The third-order valence-electron chi connectivity index (χ3n) is 2.35. The lowest BCUT2D eigenvalue weighted by atomic mass is 10.3. The number of pyridine rings is 1. The fourth-order valence-corrected chi connectivity index (χ4v) is 1.90. The summed E-state index contributed by atoms with van der Waals surface area (Å²) in [5, 5.41) is 2.75. The Balaban J connectivity index is 1.88. The summed E-state index contributed by atoms with van der Waals surface area (Å²) in [6.45, 7) is 1.84. The van der Waals surface area contributed by atoms with E-state index in [0.717, 1.165) is 15.9 Å². The lowest BCUT2D eigenvalue weighted by Gasteiger charge is -2.08. The molecule has 0 fully saturated rings. The first kappa shape index (κ1) is 13.5. The van der Waals surface area contributed by atoms with Crippen molar-refractivity contribution in [2.75, 3.05) is 11.9 Å². The second kappa shape index (κ2) is 6.33. The van der Waals surface area contributed by atoms with Gasteiger partial charge in [-0.2, -0.15) is 0 Å². The molecule has 2 aromatic rings. The molecular formula is C14H13BrN2O2. The second-order valence-corrected chi connectivity index (χ2v) is 4.90. The lowest BCUT2D eigenvalue weighted by molar-refractivity contribution is -0.118. The first-order chi connectivity index (χ1) is 9.13. The van der Waals surface area contributed by atoms with Crippen LogP contribution in [0.5, 0.6) is 5.75 Å². The molecular weight excluding hydrogens is 308 g/mol. The summed E-state index contributed by atoms with van der Waals surface area (Å²) in [7, 11) is 0. The maximum Gasteiger partial charge on any atom is 0.262 e. The van der Waals surface area contributed by atoms with Gasteiger partial charge < -0.3 is 10.1 Å². The minimum atomic E-state index is -0.203. The molecule has 0 radical (unpaired) electrons. The Kier molecular flexibility index (Phi) is 4.52. The maximum absolute atomic E-state index is 11.7. The van der Waals surface area contributed by atoms with Crippen LogP contribution in [-0.4, -0.2) is 17.5 Å². The number of amides is 1. The molecule has 1 N–H and O–H groups in total. The van der Waals surface area contributed by atoms with Crippen LogP contribution in [0.25, 0.3) is 0 Å². The van der Waals surface area contributed by atoms with Crippen molar-refractivity contribution >= 4 is 27.5 Å². The number of hydrogen-bond acceptors (Lipinski definition) is 3. The molecule has 2 rings (SSSR count). The van der Waals surface area contributed by atoms with Crippen molar-refractivity contribution in [1.82, 2.24) is 4.98 Å².